The minimum atomic E-state index is -0.193. The molecular formula is C17H27BrN4O2. The van der Waals surface area contributed by atoms with Crippen molar-refractivity contribution < 1.29 is 9.53 Å². The van der Waals surface area contributed by atoms with E-state index < -0.39 is 0 Å². The first-order valence-corrected chi connectivity index (χ1v) is 9.46. The summed E-state index contributed by atoms with van der Waals surface area (Å²) >= 11 is 3.34. The van der Waals surface area contributed by atoms with Gasteiger partial charge in [0.25, 0.3) is 0 Å². The van der Waals surface area contributed by atoms with Crippen LogP contribution in [0.5, 0.6) is 0 Å². The highest BCUT2D eigenvalue weighted by atomic mass is 79.9. The highest BCUT2D eigenvalue weighted by molar-refractivity contribution is 9.10. The number of ether oxygens (including phenoxy) is 1. The van der Waals surface area contributed by atoms with E-state index in [4.69, 9.17) is 4.74 Å². The van der Waals surface area contributed by atoms with Crippen LogP contribution in [0.15, 0.2) is 16.9 Å². The van der Waals surface area contributed by atoms with Gasteiger partial charge < -0.3 is 15.0 Å². The Balaban J connectivity index is 2.08. The van der Waals surface area contributed by atoms with E-state index in [1.54, 1.807) is 12.4 Å². The fourth-order valence-electron chi connectivity index (χ4n) is 3.25. The van der Waals surface area contributed by atoms with Gasteiger partial charge in [0.05, 0.1) is 10.6 Å². The van der Waals surface area contributed by atoms with Gasteiger partial charge in [-0.05, 0) is 55.5 Å². The molecule has 0 bridgehead atoms. The molecule has 3 atom stereocenters. The van der Waals surface area contributed by atoms with Crippen LogP contribution >= 0.6 is 15.9 Å². The highest BCUT2D eigenvalue weighted by Gasteiger charge is 2.38. The van der Waals surface area contributed by atoms with Gasteiger partial charge >= 0.3 is 6.09 Å². The summed E-state index contributed by atoms with van der Waals surface area (Å²) < 4.78 is 6.32. The largest absolute Gasteiger partial charge is 0.447 e. The number of amides is 1. The van der Waals surface area contributed by atoms with Gasteiger partial charge in [-0.25, -0.2) is 14.8 Å². The van der Waals surface area contributed by atoms with E-state index in [1.807, 2.05) is 18.7 Å². The predicted molar refractivity (Wildman–Crippen MR) is 98.0 cm³/mol. The number of carbonyl (C=O) groups excluding carboxylic acids is 1. The number of hydrogen-bond donors (Lipinski definition) is 1. The minimum absolute atomic E-state index is 0.0977. The van der Waals surface area contributed by atoms with E-state index >= 15 is 0 Å². The molecule has 0 saturated carbocycles. The number of halogens is 1. The van der Waals surface area contributed by atoms with Crippen LogP contribution in [0.1, 0.15) is 53.4 Å². The maximum Gasteiger partial charge on any atom is 0.410 e. The van der Waals surface area contributed by atoms with Gasteiger partial charge in [-0.2, -0.15) is 0 Å². The highest BCUT2D eigenvalue weighted by Crippen LogP contribution is 2.29. The van der Waals surface area contributed by atoms with Crippen molar-refractivity contribution in [2.24, 2.45) is 0 Å². The number of rotatable bonds is 5. The van der Waals surface area contributed by atoms with E-state index in [-0.39, 0.29) is 30.3 Å². The van der Waals surface area contributed by atoms with Crippen LogP contribution in [-0.2, 0) is 4.74 Å². The molecule has 0 spiro atoms. The van der Waals surface area contributed by atoms with Gasteiger partial charge in [0, 0.05) is 30.5 Å². The van der Waals surface area contributed by atoms with Gasteiger partial charge in [-0.3, -0.25) is 0 Å². The fraction of sp³-hybridized carbons (Fsp3) is 0.706. The Kier molecular flexibility index (Phi) is 6.83. The quantitative estimate of drug-likeness (QED) is 0.803. The third-order valence-electron chi connectivity index (χ3n) is 4.34. The van der Waals surface area contributed by atoms with Crippen molar-refractivity contribution in [1.29, 1.82) is 0 Å². The second-order valence-corrected chi connectivity index (χ2v) is 7.42. The molecule has 0 aromatic carbocycles. The molecule has 1 saturated heterocycles. The van der Waals surface area contributed by atoms with Crippen LogP contribution in [0, 0.1) is 0 Å². The summed E-state index contributed by atoms with van der Waals surface area (Å²) in [6.07, 6.45) is 6.74. The molecule has 1 aliphatic rings. The van der Waals surface area contributed by atoms with Gasteiger partial charge in [0.15, 0.2) is 0 Å². The van der Waals surface area contributed by atoms with Crippen LogP contribution in [-0.4, -0.2) is 45.2 Å². The molecule has 0 unspecified atom stereocenters. The van der Waals surface area contributed by atoms with Crippen molar-refractivity contribution in [3.05, 3.63) is 16.9 Å². The second-order valence-electron chi connectivity index (χ2n) is 6.50. The Morgan fingerprint density at radius 1 is 1.29 bits per heavy atom. The number of piperidine rings is 1. The summed E-state index contributed by atoms with van der Waals surface area (Å²) in [6.45, 7) is 8.01. The Labute approximate surface area is 152 Å². The molecule has 0 aliphatic carbocycles. The van der Waals surface area contributed by atoms with Crippen molar-refractivity contribution in [3.63, 3.8) is 0 Å². The van der Waals surface area contributed by atoms with Crippen LogP contribution in [0.2, 0.25) is 0 Å². The van der Waals surface area contributed by atoms with E-state index in [0.29, 0.717) is 5.95 Å². The lowest BCUT2D eigenvalue weighted by Crippen LogP contribution is -2.55. The Hall–Kier alpha value is -1.37. The van der Waals surface area contributed by atoms with Crippen molar-refractivity contribution in [2.75, 3.05) is 5.32 Å². The molecule has 1 fully saturated rings. The Bertz CT molecular complexity index is 524. The molecule has 0 radical (unpaired) electrons. The summed E-state index contributed by atoms with van der Waals surface area (Å²) in [4.78, 5) is 23.0. The van der Waals surface area contributed by atoms with Gasteiger partial charge in [0.2, 0.25) is 5.95 Å². The van der Waals surface area contributed by atoms with Gasteiger partial charge in [-0.15, -0.1) is 0 Å². The third-order valence-corrected chi connectivity index (χ3v) is 4.75. The second kappa shape index (κ2) is 8.65. The fourth-order valence-corrected chi connectivity index (χ4v) is 3.46. The lowest BCUT2D eigenvalue weighted by molar-refractivity contribution is 0.0253. The number of aromatic nitrogens is 2. The number of likely N-dealkylation sites (tertiary alicyclic amines) is 1. The zero-order chi connectivity index (χ0) is 17.7. The smallest absolute Gasteiger partial charge is 0.410 e. The van der Waals surface area contributed by atoms with Gasteiger partial charge in [-0.1, -0.05) is 13.8 Å². The van der Waals surface area contributed by atoms with Crippen molar-refractivity contribution in [1.82, 2.24) is 14.9 Å². The molecule has 1 aromatic heterocycles. The standard InChI is InChI=1S/C17H27BrN4O2/c1-5-14-7-13(21-16-19-9-12(18)10-20-16)8-15(6-2)22(14)17(23)24-11(3)4/h9-11,13-15H,5-8H2,1-4H3,(H,19,20,21)/t13-,14+,15-. The summed E-state index contributed by atoms with van der Waals surface area (Å²) in [5.74, 6) is 0.631. The lowest BCUT2D eigenvalue weighted by Gasteiger charge is -2.44. The summed E-state index contributed by atoms with van der Waals surface area (Å²) in [5.41, 5.74) is 0. The Morgan fingerprint density at radius 3 is 2.29 bits per heavy atom. The predicted octanol–water partition coefficient (Wildman–Crippen LogP) is 4.22. The van der Waals surface area contributed by atoms with Crippen LogP contribution in [0.4, 0.5) is 10.7 Å². The average molecular weight is 399 g/mol. The SMILES string of the molecule is CC[C@@H]1C[C@H](Nc2ncc(Br)cn2)C[C@H](CC)N1C(=O)OC(C)C. The van der Waals surface area contributed by atoms with Crippen LogP contribution in [0.25, 0.3) is 0 Å². The molecule has 1 aliphatic heterocycles. The molecule has 24 heavy (non-hydrogen) atoms. The molecular weight excluding hydrogens is 372 g/mol. The average Bonchev–Trinajstić information content (AvgIpc) is 2.55. The number of nitrogens with one attached hydrogen (secondary N) is 1. The zero-order valence-electron chi connectivity index (χ0n) is 14.8. The van der Waals surface area contributed by atoms with E-state index in [2.05, 4.69) is 45.1 Å². The molecule has 2 heterocycles. The van der Waals surface area contributed by atoms with Crippen molar-refractivity contribution in [2.45, 2.75) is 77.6 Å². The van der Waals surface area contributed by atoms with E-state index in [9.17, 15) is 4.79 Å². The van der Waals surface area contributed by atoms with Crippen LogP contribution < -0.4 is 5.32 Å². The molecule has 1 aromatic rings. The van der Waals surface area contributed by atoms with Gasteiger partial charge in [0.1, 0.15) is 0 Å². The third kappa shape index (κ3) is 4.82. The topological polar surface area (TPSA) is 67.4 Å². The zero-order valence-corrected chi connectivity index (χ0v) is 16.4. The first-order valence-electron chi connectivity index (χ1n) is 8.67. The minimum Gasteiger partial charge on any atom is -0.447 e. The monoisotopic (exact) mass is 398 g/mol. The molecule has 7 heteroatoms. The van der Waals surface area contributed by atoms with Crippen molar-refractivity contribution in [3.8, 4) is 0 Å². The number of anilines is 1. The van der Waals surface area contributed by atoms with Crippen molar-refractivity contribution >= 4 is 28.0 Å². The van der Waals surface area contributed by atoms with E-state index in [1.165, 1.54) is 0 Å². The molecule has 1 amide bonds. The lowest BCUT2D eigenvalue weighted by atomic mass is 9.89. The molecule has 2 rings (SSSR count). The van der Waals surface area contributed by atoms with Crippen LogP contribution in [0.3, 0.4) is 0 Å². The maximum atomic E-state index is 12.5. The summed E-state index contributed by atoms with van der Waals surface area (Å²) in [7, 11) is 0. The summed E-state index contributed by atoms with van der Waals surface area (Å²) in [6, 6.07) is 0.593. The number of nitrogens with zero attached hydrogens (tertiary/aromatic N) is 3. The first-order chi connectivity index (χ1) is 11.4. The molecule has 6 nitrogen and oxygen atoms in total. The molecule has 134 valence electrons. The maximum absolute atomic E-state index is 12.5. The number of hydrogen-bond acceptors (Lipinski definition) is 5. The van der Waals surface area contributed by atoms with E-state index in [0.717, 1.165) is 30.2 Å². The normalized spacial score (nSPS) is 24.1. The number of carbonyl (C=O) groups is 1. The summed E-state index contributed by atoms with van der Waals surface area (Å²) in [5, 5.41) is 3.42. The molecule has 1 N–H and O–H groups in total. The Morgan fingerprint density at radius 2 is 1.83 bits per heavy atom. The first kappa shape index (κ1) is 19.0.